The van der Waals surface area contributed by atoms with Crippen molar-refractivity contribution >= 4 is 33.6 Å². The molecule has 2 nitrogen and oxygen atoms in total. The highest BCUT2D eigenvalue weighted by molar-refractivity contribution is 14.1. The summed E-state index contributed by atoms with van der Waals surface area (Å²) in [5.41, 5.74) is 9.42. The summed E-state index contributed by atoms with van der Waals surface area (Å²) in [7, 11) is 0. The summed E-state index contributed by atoms with van der Waals surface area (Å²) in [5, 5.41) is 1.11. The summed E-state index contributed by atoms with van der Waals surface area (Å²) in [6.07, 6.45) is 0. The first kappa shape index (κ1) is 12.7. The lowest BCUT2D eigenvalue weighted by Crippen LogP contribution is -2.10. The number of hydrogen-bond acceptors (Lipinski definition) is 2. The Morgan fingerprint density at radius 2 is 1.84 bits per heavy atom. The molecule has 1 unspecified atom stereocenters. The zero-order valence-electron chi connectivity index (χ0n) is 10.6. The quantitative estimate of drug-likeness (QED) is 0.686. The number of furan rings is 1. The topological polar surface area (TPSA) is 39.2 Å². The Labute approximate surface area is 125 Å². The van der Waals surface area contributed by atoms with E-state index in [1.54, 1.807) is 0 Å². The van der Waals surface area contributed by atoms with E-state index < -0.39 is 0 Å². The standard InChI is InChI=1S/C16H14INO/c1-10-3-2-4-12-9-14(19-16(10)12)15(18)11-5-7-13(17)8-6-11/h2-9,15H,18H2,1H3. The second kappa shape index (κ2) is 4.98. The minimum Gasteiger partial charge on any atom is -0.459 e. The van der Waals surface area contributed by atoms with Crippen LogP contribution in [0.1, 0.15) is 22.9 Å². The minimum absolute atomic E-state index is 0.219. The molecule has 0 spiro atoms. The molecule has 1 atom stereocenters. The Kier molecular flexibility index (Phi) is 3.33. The number of nitrogens with two attached hydrogens (primary N) is 1. The second-order valence-corrected chi connectivity index (χ2v) is 5.92. The summed E-state index contributed by atoms with van der Waals surface area (Å²) < 4.78 is 7.12. The first-order valence-electron chi connectivity index (χ1n) is 6.15. The molecular formula is C16H14INO. The average Bonchev–Trinajstić information content (AvgIpc) is 2.84. The highest BCUT2D eigenvalue weighted by Crippen LogP contribution is 2.28. The van der Waals surface area contributed by atoms with Crippen LogP contribution >= 0.6 is 22.6 Å². The number of halogens is 1. The van der Waals surface area contributed by atoms with Crippen LogP contribution in [0.4, 0.5) is 0 Å². The van der Waals surface area contributed by atoms with Gasteiger partial charge in [0.25, 0.3) is 0 Å². The normalized spacial score (nSPS) is 12.8. The van der Waals surface area contributed by atoms with Crippen molar-refractivity contribution in [1.82, 2.24) is 0 Å². The third kappa shape index (κ3) is 2.40. The van der Waals surface area contributed by atoms with Crippen molar-refractivity contribution in [2.75, 3.05) is 0 Å². The maximum Gasteiger partial charge on any atom is 0.137 e. The third-order valence-corrected chi connectivity index (χ3v) is 4.01. The van der Waals surface area contributed by atoms with E-state index in [4.69, 9.17) is 10.2 Å². The Balaban J connectivity index is 2.04. The summed E-state index contributed by atoms with van der Waals surface area (Å²) in [5.74, 6) is 0.811. The van der Waals surface area contributed by atoms with Gasteiger partial charge in [-0.15, -0.1) is 0 Å². The van der Waals surface area contributed by atoms with Crippen LogP contribution in [0.15, 0.2) is 52.9 Å². The summed E-state index contributed by atoms with van der Waals surface area (Å²) in [6.45, 7) is 2.05. The summed E-state index contributed by atoms with van der Waals surface area (Å²) in [4.78, 5) is 0. The van der Waals surface area contributed by atoms with Crippen molar-refractivity contribution < 1.29 is 4.42 Å². The highest BCUT2D eigenvalue weighted by Gasteiger charge is 2.14. The van der Waals surface area contributed by atoms with Gasteiger partial charge in [0.1, 0.15) is 11.3 Å². The molecule has 0 aliphatic carbocycles. The van der Waals surface area contributed by atoms with E-state index in [2.05, 4.69) is 40.8 Å². The zero-order valence-corrected chi connectivity index (χ0v) is 12.7. The van der Waals surface area contributed by atoms with Gasteiger partial charge in [-0.05, 0) is 58.8 Å². The molecule has 0 saturated carbocycles. The minimum atomic E-state index is -0.219. The lowest BCUT2D eigenvalue weighted by atomic mass is 10.1. The first-order valence-corrected chi connectivity index (χ1v) is 7.23. The van der Waals surface area contributed by atoms with Gasteiger partial charge in [-0.25, -0.2) is 0 Å². The monoisotopic (exact) mass is 363 g/mol. The van der Waals surface area contributed by atoms with Crippen LogP contribution in [0, 0.1) is 10.5 Å². The van der Waals surface area contributed by atoms with Crippen LogP contribution in [0.5, 0.6) is 0 Å². The van der Waals surface area contributed by atoms with Crippen molar-refractivity contribution in [2.24, 2.45) is 5.73 Å². The molecule has 0 radical (unpaired) electrons. The maximum absolute atomic E-state index is 6.28. The van der Waals surface area contributed by atoms with Crippen LogP contribution in [0.25, 0.3) is 11.0 Å². The van der Waals surface area contributed by atoms with Gasteiger partial charge in [0.15, 0.2) is 0 Å². The van der Waals surface area contributed by atoms with Gasteiger partial charge in [0.05, 0.1) is 6.04 Å². The Morgan fingerprint density at radius 1 is 1.11 bits per heavy atom. The number of para-hydroxylation sites is 1. The van der Waals surface area contributed by atoms with E-state index in [1.165, 1.54) is 3.57 Å². The smallest absolute Gasteiger partial charge is 0.137 e. The van der Waals surface area contributed by atoms with Gasteiger partial charge in [-0.2, -0.15) is 0 Å². The van der Waals surface area contributed by atoms with Crippen molar-refractivity contribution in [3.05, 3.63) is 69.0 Å². The summed E-state index contributed by atoms with van der Waals surface area (Å²) >= 11 is 2.29. The van der Waals surface area contributed by atoms with Crippen molar-refractivity contribution in [3.8, 4) is 0 Å². The van der Waals surface area contributed by atoms with Gasteiger partial charge in [0.2, 0.25) is 0 Å². The van der Waals surface area contributed by atoms with Crippen LogP contribution in [-0.2, 0) is 0 Å². The van der Waals surface area contributed by atoms with E-state index in [1.807, 2.05) is 37.3 Å². The van der Waals surface area contributed by atoms with E-state index >= 15 is 0 Å². The molecule has 1 heterocycles. The lowest BCUT2D eigenvalue weighted by molar-refractivity contribution is 0.523. The third-order valence-electron chi connectivity index (χ3n) is 3.30. The van der Waals surface area contributed by atoms with Gasteiger partial charge in [-0.1, -0.05) is 30.3 Å². The molecule has 2 aromatic carbocycles. The Bertz CT molecular complexity index is 715. The molecule has 0 amide bonds. The number of hydrogen-bond donors (Lipinski definition) is 1. The molecule has 3 heteroatoms. The summed E-state index contributed by atoms with van der Waals surface area (Å²) in [6, 6.07) is 16.2. The largest absolute Gasteiger partial charge is 0.459 e. The van der Waals surface area contributed by atoms with Crippen LogP contribution in [0.2, 0.25) is 0 Å². The average molecular weight is 363 g/mol. The number of aryl methyl sites for hydroxylation is 1. The van der Waals surface area contributed by atoms with E-state index in [9.17, 15) is 0 Å². The Hall–Kier alpha value is -1.33. The molecule has 3 rings (SSSR count). The predicted molar refractivity (Wildman–Crippen MR) is 86.1 cm³/mol. The van der Waals surface area contributed by atoms with Crippen LogP contribution in [0.3, 0.4) is 0 Å². The highest BCUT2D eigenvalue weighted by atomic mass is 127. The van der Waals surface area contributed by atoms with Crippen molar-refractivity contribution in [1.29, 1.82) is 0 Å². The Morgan fingerprint density at radius 3 is 2.53 bits per heavy atom. The molecule has 2 N–H and O–H groups in total. The van der Waals surface area contributed by atoms with Gasteiger partial charge < -0.3 is 10.2 Å². The van der Waals surface area contributed by atoms with Gasteiger partial charge in [0, 0.05) is 8.96 Å². The van der Waals surface area contributed by atoms with Gasteiger partial charge >= 0.3 is 0 Å². The first-order chi connectivity index (χ1) is 9.15. The number of rotatable bonds is 2. The molecule has 3 aromatic rings. The van der Waals surface area contributed by atoms with Gasteiger partial charge in [-0.3, -0.25) is 0 Å². The molecule has 0 fully saturated rings. The SMILES string of the molecule is Cc1cccc2cc(C(N)c3ccc(I)cc3)oc12. The maximum atomic E-state index is 6.28. The molecule has 0 aliphatic rings. The van der Waals surface area contributed by atoms with E-state index in [0.29, 0.717) is 0 Å². The molecule has 96 valence electrons. The van der Waals surface area contributed by atoms with Crippen molar-refractivity contribution in [2.45, 2.75) is 13.0 Å². The molecule has 1 aromatic heterocycles. The van der Waals surface area contributed by atoms with Crippen LogP contribution < -0.4 is 5.73 Å². The molecule has 0 aliphatic heterocycles. The van der Waals surface area contributed by atoms with E-state index in [-0.39, 0.29) is 6.04 Å². The molecule has 0 saturated heterocycles. The molecule has 19 heavy (non-hydrogen) atoms. The number of benzene rings is 2. The van der Waals surface area contributed by atoms with Crippen LogP contribution in [-0.4, -0.2) is 0 Å². The molecule has 0 bridgehead atoms. The number of fused-ring (bicyclic) bond motifs is 1. The fourth-order valence-electron chi connectivity index (χ4n) is 2.22. The second-order valence-electron chi connectivity index (χ2n) is 4.67. The fourth-order valence-corrected chi connectivity index (χ4v) is 2.58. The van der Waals surface area contributed by atoms with E-state index in [0.717, 1.165) is 27.9 Å². The lowest BCUT2D eigenvalue weighted by Gasteiger charge is -2.08. The fraction of sp³-hybridized carbons (Fsp3) is 0.125. The predicted octanol–water partition coefficient (Wildman–Crippen LogP) is 4.39. The zero-order chi connectivity index (χ0) is 13.4. The van der Waals surface area contributed by atoms with Crippen molar-refractivity contribution in [3.63, 3.8) is 0 Å². The molecular weight excluding hydrogens is 349 g/mol.